The molecular weight excluding hydrogens is 1410 g/mol. The fourth-order valence-corrected chi connectivity index (χ4v) is 13.8. The van der Waals surface area contributed by atoms with Crippen LogP contribution in [0.4, 0.5) is 42.9 Å². The minimum atomic E-state index is -4.14. The smallest absolute Gasteiger partial charge is 0.395 e. The van der Waals surface area contributed by atoms with Gasteiger partial charge in [0.25, 0.3) is 11.7 Å². The van der Waals surface area contributed by atoms with Crippen molar-refractivity contribution in [2.75, 3.05) is 43.8 Å². The van der Waals surface area contributed by atoms with Gasteiger partial charge >= 0.3 is 12.1 Å². The number of carbonyl (C=O) groups excluding carboxylic acids is 3. The van der Waals surface area contributed by atoms with Gasteiger partial charge in [-0.25, -0.2) is 46.0 Å². The number of nitriles is 1. The Morgan fingerprint density at radius 1 is 0.712 bits per heavy atom. The van der Waals surface area contributed by atoms with Gasteiger partial charge in [-0.2, -0.15) is 34.4 Å². The summed E-state index contributed by atoms with van der Waals surface area (Å²) in [5, 5.41) is 88.0. The SMILES string of the molecule is CCN(CC)S(=O)(=O)c1cc(N=Nc2ccc3nnc4c(C#N)cnn4c3c2)c2c(NS(C)(=O)=O)cccc2c1O.O=C(c1cnn2c1nnc1ccc(N=Nc3cc(F)c(O)cc3F)cc12)N1CCCCC1.[C-]#[N+]C(N=Nc1ccc2nnc3c(C(=O)OCC)snc3c2c1)C(=O)c1ccccc1. The third-order valence-corrected chi connectivity index (χ3v) is 19.4. The van der Waals surface area contributed by atoms with Crippen molar-refractivity contribution in [1.82, 2.24) is 63.4 Å². The number of nitrogens with zero attached hydrogens (tertiary/aromatic N) is 21. The molecule has 14 rings (SSSR count). The van der Waals surface area contributed by atoms with Gasteiger partial charge in [0.05, 0.1) is 70.2 Å². The summed E-state index contributed by atoms with van der Waals surface area (Å²) in [6.07, 6.45) is 5.60. The molecule has 0 radical (unpaired) electrons. The Balaban J connectivity index is 0.000000149. The van der Waals surface area contributed by atoms with Crippen molar-refractivity contribution < 1.29 is 54.9 Å². The summed E-state index contributed by atoms with van der Waals surface area (Å²) < 4.78 is 94.3. The highest BCUT2D eigenvalue weighted by molar-refractivity contribution is 7.92. The van der Waals surface area contributed by atoms with Gasteiger partial charge in [0.15, 0.2) is 33.6 Å². The molecule has 13 aromatic rings. The lowest BCUT2D eigenvalue weighted by molar-refractivity contribution is 0.0533. The molecule has 7 heterocycles. The maximum Gasteiger partial charge on any atom is 0.395 e. The van der Waals surface area contributed by atoms with Crippen molar-refractivity contribution in [3.05, 3.63) is 178 Å². The number of hydrogen-bond acceptors (Lipinski definition) is 27. The second kappa shape index (κ2) is 30.2. The number of azo groups is 3. The molecular formula is C67H54F2N22O10S3. The Morgan fingerprint density at radius 2 is 1.35 bits per heavy atom. The number of carbonyl (C=O) groups is 3. The number of ether oxygens (including phenoxy) is 1. The molecule has 0 spiro atoms. The van der Waals surface area contributed by atoms with Crippen LogP contribution in [0.3, 0.4) is 0 Å². The highest BCUT2D eigenvalue weighted by atomic mass is 32.2. The van der Waals surface area contributed by atoms with Crippen LogP contribution in [0, 0.1) is 29.5 Å². The molecule has 524 valence electrons. The number of piperidine rings is 1. The summed E-state index contributed by atoms with van der Waals surface area (Å²) >= 11 is 0.989. The third kappa shape index (κ3) is 14.7. The molecule has 1 aliphatic rings. The standard InChI is InChI=1S/C25H23N9O5S2.C21H17F2N7O2.C21H14N6O3S/c1-4-33(5-2)41(38,39)22-12-20(23-17(24(22)35)7-6-8-19(23)32-40(3,36)37)30-28-16-9-10-18-21(11-16)34-25(31-29-18)15(13-26)14-27-34;22-14-10-19(31)15(23)9-17(14)27-25-12-4-5-16-18(8-12)30-20(28-26-16)13(11-24-30)21(32)29-6-2-1-3-7-29;1-3-30-21(29)19-17-16(27-31-19)14-11-13(9-10-15(14)24-25-17)23-26-20(22-2)18(28)12-7-5-4-6-8-12/h6-12,14,32,35H,4-5H2,1-3H3;4-5,8-11,31H,1-3,6-7H2;4-11,20H,3H2,1H3. The number of ketones is 1. The number of halogens is 2. The predicted octanol–water partition coefficient (Wildman–Crippen LogP) is 12.8. The molecule has 1 amide bonds. The number of amides is 1. The number of aromatic nitrogens is 11. The van der Waals surface area contributed by atoms with Gasteiger partial charge in [0, 0.05) is 60.0 Å². The number of anilines is 1. The molecule has 37 heteroatoms. The molecule has 1 aliphatic heterocycles. The first-order chi connectivity index (χ1) is 50.1. The van der Waals surface area contributed by atoms with Crippen LogP contribution < -0.4 is 4.72 Å². The number of nitrogens with one attached hydrogen (secondary N) is 1. The number of hydrogen-bond donors (Lipinski definition) is 3. The highest BCUT2D eigenvalue weighted by Crippen LogP contribution is 2.44. The van der Waals surface area contributed by atoms with Crippen molar-refractivity contribution >= 4 is 149 Å². The molecule has 104 heavy (non-hydrogen) atoms. The molecule has 32 nitrogen and oxygen atoms in total. The van der Waals surface area contributed by atoms with Gasteiger partial charge in [-0.15, -0.1) is 45.9 Å². The van der Waals surface area contributed by atoms with Crippen molar-refractivity contribution in [2.45, 2.75) is 51.1 Å². The molecule has 0 saturated carbocycles. The van der Waals surface area contributed by atoms with Crippen LogP contribution in [-0.2, 0) is 24.8 Å². The fourth-order valence-electron chi connectivity index (χ4n) is 11.0. The molecule has 1 unspecified atom stereocenters. The van der Waals surface area contributed by atoms with E-state index in [0.717, 1.165) is 43.1 Å². The molecule has 6 aromatic heterocycles. The van der Waals surface area contributed by atoms with E-state index in [9.17, 15) is 55.5 Å². The zero-order chi connectivity index (χ0) is 73.6. The van der Waals surface area contributed by atoms with Crippen LogP contribution in [0.25, 0.3) is 70.9 Å². The number of esters is 1. The lowest BCUT2D eigenvalue weighted by Gasteiger charge is -2.26. The minimum absolute atomic E-state index is 0.000709. The predicted molar refractivity (Wildman–Crippen MR) is 376 cm³/mol. The van der Waals surface area contributed by atoms with Crippen LogP contribution >= 0.6 is 11.5 Å². The van der Waals surface area contributed by atoms with Gasteiger partial charge < -0.3 is 19.8 Å². The summed E-state index contributed by atoms with van der Waals surface area (Å²) in [5.41, 5.74) is 5.83. The van der Waals surface area contributed by atoms with Crippen LogP contribution in [0.2, 0.25) is 0 Å². The number of fused-ring (bicyclic) bond motifs is 10. The number of benzene rings is 7. The lowest BCUT2D eigenvalue weighted by atomic mass is 10.1. The molecule has 7 aromatic carbocycles. The van der Waals surface area contributed by atoms with Crippen LogP contribution in [0.1, 0.15) is 76.0 Å². The van der Waals surface area contributed by atoms with Crippen molar-refractivity contribution in [2.24, 2.45) is 30.7 Å². The zero-order valence-electron chi connectivity index (χ0n) is 55.0. The van der Waals surface area contributed by atoms with E-state index in [2.05, 4.69) is 85.4 Å². The van der Waals surface area contributed by atoms with Gasteiger partial charge in [0.1, 0.15) is 55.6 Å². The Kier molecular flexibility index (Phi) is 20.6. The Bertz CT molecular complexity index is 6020. The normalized spacial score (nSPS) is 13.1. The first-order valence-corrected chi connectivity index (χ1v) is 35.6. The van der Waals surface area contributed by atoms with E-state index in [4.69, 9.17) is 11.3 Å². The number of aromatic hydroxyl groups is 2. The molecule has 1 atom stereocenters. The van der Waals surface area contributed by atoms with Gasteiger partial charge in [0.2, 0.25) is 20.0 Å². The van der Waals surface area contributed by atoms with Crippen LogP contribution in [0.15, 0.2) is 169 Å². The first kappa shape index (κ1) is 71.0. The van der Waals surface area contributed by atoms with Gasteiger partial charge in [-0.1, -0.05) is 61.4 Å². The van der Waals surface area contributed by atoms with Gasteiger partial charge in [-0.05, 0) is 104 Å². The Hall–Kier alpha value is -12.8. The summed E-state index contributed by atoms with van der Waals surface area (Å²) in [6, 6.07) is 32.2. The van der Waals surface area contributed by atoms with E-state index < -0.39 is 66.0 Å². The summed E-state index contributed by atoms with van der Waals surface area (Å²) in [5.74, 6) is -4.31. The number of likely N-dealkylation sites (tertiary alicyclic amines) is 1. The van der Waals surface area contributed by atoms with Crippen molar-refractivity contribution in [3.8, 4) is 17.6 Å². The molecule has 0 aliphatic carbocycles. The van der Waals surface area contributed by atoms with Crippen LogP contribution in [0.5, 0.6) is 11.5 Å². The molecule has 3 N–H and O–H groups in total. The second-order valence-electron chi connectivity index (χ2n) is 22.7. The largest absolute Gasteiger partial charge is 0.506 e. The van der Waals surface area contributed by atoms with Crippen LogP contribution in [-0.4, -0.2) is 153 Å². The lowest BCUT2D eigenvalue weighted by Crippen LogP contribution is -2.35. The van der Waals surface area contributed by atoms with E-state index in [-0.39, 0.29) is 69.5 Å². The zero-order valence-corrected chi connectivity index (χ0v) is 57.4. The fraction of sp³-hybridized carbons (Fsp3) is 0.194. The Labute approximate surface area is 591 Å². The Morgan fingerprint density at radius 3 is 2.00 bits per heavy atom. The molecule has 1 fully saturated rings. The first-order valence-electron chi connectivity index (χ1n) is 31.5. The van der Waals surface area contributed by atoms with Crippen molar-refractivity contribution in [1.29, 1.82) is 5.26 Å². The second-order valence-corrected chi connectivity index (χ2v) is 27.1. The number of sulfonamides is 2. The maximum atomic E-state index is 13.9. The van der Waals surface area contributed by atoms with Gasteiger partial charge in [-0.3, -0.25) is 19.2 Å². The number of Topliss-reactive ketones (excluding diaryl/α,β-unsaturated/α-hetero) is 1. The van der Waals surface area contributed by atoms with Crippen molar-refractivity contribution in [3.63, 3.8) is 0 Å². The third-order valence-electron chi connectivity index (χ3n) is 15.9. The number of phenolic OH excluding ortho intramolecular Hbond substituents is 2. The maximum absolute atomic E-state index is 13.9. The van der Waals surface area contributed by atoms with E-state index in [1.807, 2.05) is 6.07 Å². The average Bonchev–Trinajstić information content (AvgIpc) is 1.38. The summed E-state index contributed by atoms with van der Waals surface area (Å²) in [7, 11) is -7.89. The van der Waals surface area contributed by atoms with E-state index in [1.54, 1.807) is 111 Å². The topological polar surface area (TPSA) is 415 Å². The minimum Gasteiger partial charge on any atom is -0.506 e. The molecule has 1 saturated heterocycles. The summed E-state index contributed by atoms with van der Waals surface area (Å²) in [6.45, 7) is 14.4. The highest BCUT2D eigenvalue weighted by Gasteiger charge is 2.30. The number of phenols is 2. The van der Waals surface area contributed by atoms with E-state index in [0.29, 0.717) is 97.0 Å². The average molecular weight is 1460 g/mol. The summed E-state index contributed by atoms with van der Waals surface area (Å²) in [4.78, 5) is 42.4. The quantitative estimate of drug-likeness (QED) is 0.0330. The van der Waals surface area contributed by atoms with E-state index >= 15 is 0 Å². The molecule has 0 bridgehead atoms. The number of rotatable bonds is 17. The monoisotopic (exact) mass is 1460 g/mol. The van der Waals surface area contributed by atoms with E-state index in [1.165, 1.54) is 50.0 Å².